The number of benzene rings is 2. The van der Waals surface area contributed by atoms with Gasteiger partial charge in [0.1, 0.15) is 5.75 Å². The van der Waals surface area contributed by atoms with Crippen molar-refractivity contribution >= 4 is 17.3 Å². The lowest BCUT2D eigenvalue weighted by molar-refractivity contribution is 0.199. The van der Waals surface area contributed by atoms with E-state index in [0.29, 0.717) is 0 Å². The maximum Gasteiger partial charge on any atom is 0.173 e. The van der Waals surface area contributed by atoms with Crippen molar-refractivity contribution in [1.29, 1.82) is 0 Å². The zero-order valence-electron chi connectivity index (χ0n) is 17.6. The molecule has 0 N–H and O–H groups in total. The Morgan fingerprint density at radius 1 is 0.967 bits per heavy atom. The average Bonchev–Trinajstić information content (AvgIpc) is 3.26. The lowest BCUT2D eigenvalue weighted by Crippen LogP contribution is -2.48. The predicted octanol–water partition coefficient (Wildman–Crippen LogP) is 3.83. The van der Waals surface area contributed by atoms with Gasteiger partial charge in [-0.3, -0.25) is 4.90 Å². The van der Waals surface area contributed by atoms with E-state index in [1.54, 1.807) is 7.11 Å². The van der Waals surface area contributed by atoms with E-state index < -0.39 is 0 Å². The van der Waals surface area contributed by atoms with E-state index in [9.17, 15) is 0 Å². The molecule has 0 saturated carbocycles. The van der Waals surface area contributed by atoms with Crippen LogP contribution in [0.2, 0.25) is 5.02 Å². The molecule has 0 radical (unpaired) electrons. The van der Waals surface area contributed by atoms with Crippen molar-refractivity contribution in [3.05, 3.63) is 64.9 Å². The van der Waals surface area contributed by atoms with Crippen LogP contribution >= 0.6 is 11.6 Å². The number of ether oxygens (including phenoxy) is 1. The molecule has 4 rings (SSSR count). The molecule has 7 nitrogen and oxygen atoms in total. The van der Waals surface area contributed by atoms with Crippen LogP contribution in [0.5, 0.6) is 5.75 Å². The summed E-state index contributed by atoms with van der Waals surface area (Å²) in [7, 11) is 1.69. The molecule has 0 amide bonds. The number of hydrogen-bond donors (Lipinski definition) is 0. The maximum absolute atomic E-state index is 6.61. The van der Waals surface area contributed by atoms with Crippen molar-refractivity contribution in [3.63, 3.8) is 0 Å². The zero-order chi connectivity index (χ0) is 21.1. The quantitative estimate of drug-likeness (QED) is 0.597. The van der Waals surface area contributed by atoms with Crippen LogP contribution < -0.4 is 9.64 Å². The highest BCUT2D eigenvalue weighted by atomic mass is 35.5. The Labute approximate surface area is 182 Å². The molecule has 158 valence electrons. The third-order valence-electron chi connectivity index (χ3n) is 5.57. The van der Waals surface area contributed by atoms with Gasteiger partial charge in [-0.15, -0.1) is 5.10 Å². The van der Waals surface area contributed by atoms with Gasteiger partial charge >= 0.3 is 0 Å². The van der Waals surface area contributed by atoms with Gasteiger partial charge in [-0.25, -0.2) is 4.68 Å². The molecule has 1 saturated heterocycles. The number of piperazine rings is 1. The van der Waals surface area contributed by atoms with E-state index in [0.717, 1.165) is 48.3 Å². The molecular weight excluding hydrogens is 400 g/mol. The van der Waals surface area contributed by atoms with Crippen LogP contribution in [0, 0.1) is 0 Å². The second-order valence-corrected chi connectivity index (χ2v) is 8.13. The van der Waals surface area contributed by atoms with Crippen molar-refractivity contribution in [2.75, 3.05) is 38.2 Å². The normalized spacial score (nSPS) is 16.1. The van der Waals surface area contributed by atoms with Crippen LogP contribution in [0.1, 0.15) is 37.3 Å². The number of aromatic nitrogens is 4. The number of halogens is 1. The summed E-state index contributed by atoms with van der Waals surface area (Å²) in [5, 5.41) is 13.3. The van der Waals surface area contributed by atoms with Crippen LogP contribution in [0.15, 0.2) is 48.5 Å². The Morgan fingerprint density at radius 3 is 2.30 bits per heavy atom. The monoisotopic (exact) mass is 426 g/mol. The summed E-state index contributed by atoms with van der Waals surface area (Å²) in [5.74, 6) is 1.70. The third-order valence-corrected chi connectivity index (χ3v) is 5.91. The van der Waals surface area contributed by atoms with Crippen LogP contribution in [0.25, 0.3) is 0 Å². The van der Waals surface area contributed by atoms with Gasteiger partial charge in [0.2, 0.25) is 0 Å². The summed E-state index contributed by atoms with van der Waals surface area (Å²) in [6.45, 7) is 7.77. The average molecular weight is 427 g/mol. The maximum atomic E-state index is 6.61. The molecule has 30 heavy (non-hydrogen) atoms. The predicted molar refractivity (Wildman–Crippen MR) is 118 cm³/mol. The fourth-order valence-corrected chi connectivity index (χ4v) is 4.21. The molecule has 1 aliphatic rings. The number of anilines is 1. The Hall–Kier alpha value is -2.64. The standard InChI is InChI=1S/C22H27ClN6O/c1-16(2)29-22(24-25-26-29)21(19-6-4-5-7-20(19)23)28-14-12-27(13-15-28)17-8-10-18(30-3)11-9-17/h4-11,16,21H,12-15H2,1-3H3/t21-/m0/s1. The summed E-state index contributed by atoms with van der Waals surface area (Å²) in [6, 6.07) is 16.3. The molecule has 2 heterocycles. The summed E-state index contributed by atoms with van der Waals surface area (Å²) in [4.78, 5) is 4.82. The van der Waals surface area contributed by atoms with Crippen LogP contribution in [0.3, 0.4) is 0 Å². The number of methoxy groups -OCH3 is 1. The highest BCUT2D eigenvalue weighted by Crippen LogP contribution is 2.34. The van der Waals surface area contributed by atoms with E-state index in [-0.39, 0.29) is 12.1 Å². The van der Waals surface area contributed by atoms with E-state index in [2.05, 4.69) is 57.4 Å². The molecule has 1 aliphatic heterocycles. The molecule has 3 aromatic rings. The second-order valence-electron chi connectivity index (χ2n) is 7.72. The molecular formula is C22H27ClN6O. The van der Waals surface area contributed by atoms with Gasteiger partial charge in [0.15, 0.2) is 5.82 Å². The fourth-order valence-electron chi connectivity index (χ4n) is 3.98. The van der Waals surface area contributed by atoms with Crippen LogP contribution in [-0.2, 0) is 0 Å². The van der Waals surface area contributed by atoms with Gasteiger partial charge in [-0.2, -0.15) is 0 Å². The van der Waals surface area contributed by atoms with Gasteiger partial charge in [-0.05, 0) is 60.2 Å². The smallest absolute Gasteiger partial charge is 0.173 e. The Bertz CT molecular complexity index is 966. The van der Waals surface area contributed by atoms with Crippen molar-refractivity contribution in [2.45, 2.75) is 25.9 Å². The van der Waals surface area contributed by atoms with Gasteiger partial charge in [0.05, 0.1) is 19.2 Å². The highest BCUT2D eigenvalue weighted by molar-refractivity contribution is 6.31. The third kappa shape index (κ3) is 4.13. The molecule has 0 bridgehead atoms. The van der Waals surface area contributed by atoms with Crippen molar-refractivity contribution < 1.29 is 4.74 Å². The minimum absolute atomic E-state index is 0.0888. The molecule has 0 aliphatic carbocycles. The SMILES string of the molecule is COc1ccc(N2CCN([C@@H](c3ccccc3Cl)c3nnnn3C(C)C)CC2)cc1. The topological polar surface area (TPSA) is 59.3 Å². The Balaban J connectivity index is 1.59. The lowest BCUT2D eigenvalue weighted by atomic mass is 10.0. The first-order valence-corrected chi connectivity index (χ1v) is 10.6. The van der Waals surface area contributed by atoms with Gasteiger partial charge < -0.3 is 9.64 Å². The molecule has 1 aromatic heterocycles. The van der Waals surface area contributed by atoms with Gasteiger partial charge in [-0.1, -0.05) is 29.8 Å². The Morgan fingerprint density at radius 2 is 1.67 bits per heavy atom. The first-order valence-electron chi connectivity index (χ1n) is 10.2. The van der Waals surface area contributed by atoms with E-state index in [1.165, 1.54) is 5.69 Å². The lowest BCUT2D eigenvalue weighted by Gasteiger charge is -2.40. The molecule has 8 heteroatoms. The zero-order valence-corrected chi connectivity index (χ0v) is 18.3. The summed E-state index contributed by atoms with van der Waals surface area (Å²) >= 11 is 6.61. The molecule has 0 spiro atoms. The van der Waals surface area contributed by atoms with E-state index >= 15 is 0 Å². The largest absolute Gasteiger partial charge is 0.497 e. The van der Waals surface area contributed by atoms with Crippen molar-refractivity contribution in [2.24, 2.45) is 0 Å². The van der Waals surface area contributed by atoms with Crippen molar-refractivity contribution in [3.8, 4) is 5.75 Å². The molecule has 0 unspecified atom stereocenters. The summed E-state index contributed by atoms with van der Waals surface area (Å²) < 4.78 is 7.17. The number of nitrogens with zero attached hydrogens (tertiary/aromatic N) is 6. The highest BCUT2D eigenvalue weighted by Gasteiger charge is 2.32. The van der Waals surface area contributed by atoms with Crippen molar-refractivity contribution in [1.82, 2.24) is 25.1 Å². The molecule has 1 fully saturated rings. The first kappa shape index (κ1) is 20.6. The van der Waals surface area contributed by atoms with E-state index in [4.69, 9.17) is 16.3 Å². The summed E-state index contributed by atoms with van der Waals surface area (Å²) in [6.07, 6.45) is 0. The first-order chi connectivity index (χ1) is 14.6. The molecule has 2 aromatic carbocycles. The minimum Gasteiger partial charge on any atom is -0.497 e. The van der Waals surface area contributed by atoms with Gasteiger partial charge in [0, 0.05) is 36.9 Å². The Kier molecular flexibility index (Phi) is 6.20. The molecule has 1 atom stereocenters. The summed E-state index contributed by atoms with van der Waals surface area (Å²) in [5.41, 5.74) is 2.24. The van der Waals surface area contributed by atoms with Crippen LogP contribution in [0.4, 0.5) is 5.69 Å². The second kappa shape index (κ2) is 9.02. The number of rotatable bonds is 6. The minimum atomic E-state index is -0.0888. The fraction of sp³-hybridized carbons (Fsp3) is 0.409. The number of hydrogen-bond acceptors (Lipinski definition) is 6. The van der Waals surface area contributed by atoms with Crippen LogP contribution in [-0.4, -0.2) is 58.4 Å². The number of tetrazole rings is 1. The van der Waals surface area contributed by atoms with E-state index in [1.807, 2.05) is 35.0 Å². The van der Waals surface area contributed by atoms with Gasteiger partial charge in [0.25, 0.3) is 0 Å².